The third kappa shape index (κ3) is 8.56. The summed E-state index contributed by atoms with van der Waals surface area (Å²) >= 11 is 0. The van der Waals surface area contributed by atoms with Gasteiger partial charge in [0.1, 0.15) is 5.82 Å². The maximum Gasteiger partial charge on any atom is 0.345 e. The van der Waals surface area contributed by atoms with Crippen molar-refractivity contribution in [2.75, 3.05) is 32.7 Å². The van der Waals surface area contributed by atoms with E-state index in [1.807, 2.05) is 4.57 Å². The topological polar surface area (TPSA) is 79.5 Å². The molecule has 1 unspecified atom stereocenters. The Bertz CT molecular complexity index is 681. The predicted molar refractivity (Wildman–Crippen MR) is 135 cm³/mol. The molecule has 0 amide bonds. The van der Waals surface area contributed by atoms with Gasteiger partial charge in [-0.15, -0.1) is 24.0 Å². The van der Waals surface area contributed by atoms with Gasteiger partial charge >= 0.3 is 5.69 Å². The van der Waals surface area contributed by atoms with Gasteiger partial charge in [-0.1, -0.05) is 13.8 Å². The first kappa shape index (κ1) is 26.9. The molecule has 0 spiro atoms. The molecule has 2 heterocycles. The van der Waals surface area contributed by atoms with E-state index in [-0.39, 0.29) is 29.7 Å². The summed E-state index contributed by atoms with van der Waals surface area (Å²) in [4.78, 5) is 19.5. The van der Waals surface area contributed by atoms with Gasteiger partial charge in [0.05, 0.1) is 0 Å². The van der Waals surface area contributed by atoms with Crippen LogP contribution in [0.5, 0.6) is 0 Å². The van der Waals surface area contributed by atoms with Crippen molar-refractivity contribution in [3.63, 3.8) is 0 Å². The summed E-state index contributed by atoms with van der Waals surface area (Å²) in [6.45, 7) is 15.1. The van der Waals surface area contributed by atoms with E-state index in [1.54, 1.807) is 4.68 Å². The molecule has 1 aliphatic heterocycles. The molecular weight excluding hydrogens is 493 g/mol. The van der Waals surface area contributed by atoms with E-state index in [2.05, 4.69) is 53.3 Å². The smallest absolute Gasteiger partial charge is 0.345 e. The van der Waals surface area contributed by atoms with Crippen LogP contribution in [0.1, 0.15) is 65.6 Å². The molecule has 2 N–H and O–H groups in total. The van der Waals surface area contributed by atoms with E-state index < -0.39 is 0 Å². The molecule has 1 aromatic rings. The van der Waals surface area contributed by atoms with Gasteiger partial charge < -0.3 is 15.5 Å². The molecule has 2 rings (SSSR count). The molecule has 0 fully saturated rings. The van der Waals surface area contributed by atoms with Crippen LogP contribution in [-0.4, -0.2) is 64.0 Å². The van der Waals surface area contributed by atoms with Gasteiger partial charge in [0.2, 0.25) is 0 Å². The number of halogens is 1. The van der Waals surface area contributed by atoms with Crippen molar-refractivity contribution in [1.29, 1.82) is 0 Å². The Labute approximate surface area is 198 Å². The summed E-state index contributed by atoms with van der Waals surface area (Å²) < 4.78 is 3.45. The Morgan fingerprint density at radius 1 is 1.23 bits per heavy atom. The Morgan fingerprint density at radius 3 is 2.67 bits per heavy atom. The van der Waals surface area contributed by atoms with Gasteiger partial charge in [-0.05, 0) is 65.6 Å². The Morgan fingerprint density at radius 2 is 2.00 bits per heavy atom. The number of aromatic nitrogens is 3. The zero-order valence-electron chi connectivity index (χ0n) is 19.3. The van der Waals surface area contributed by atoms with Crippen LogP contribution in [0.25, 0.3) is 0 Å². The molecule has 0 bridgehead atoms. The van der Waals surface area contributed by atoms with Crippen molar-refractivity contribution in [3.8, 4) is 0 Å². The maximum absolute atomic E-state index is 12.4. The molecule has 1 atom stereocenters. The summed E-state index contributed by atoms with van der Waals surface area (Å²) in [6, 6.07) is 0.380. The molecule has 1 aromatic heterocycles. The van der Waals surface area contributed by atoms with Crippen LogP contribution < -0.4 is 16.3 Å². The summed E-state index contributed by atoms with van der Waals surface area (Å²) in [6.07, 6.45) is 6.24. The number of hydrogen-bond acceptors (Lipinski definition) is 4. The largest absolute Gasteiger partial charge is 0.357 e. The average molecular weight is 536 g/mol. The SMILES string of the molecule is CCNC(=NCCCn1nc2n(c1=O)CCCC2)NC(C)CCCN(CC)CC.I. The monoisotopic (exact) mass is 535 g/mol. The minimum absolute atomic E-state index is 0. The van der Waals surface area contributed by atoms with E-state index in [0.29, 0.717) is 19.1 Å². The highest BCUT2D eigenvalue weighted by atomic mass is 127. The zero-order valence-corrected chi connectivity index (χ0v) is 21.7. The Kier molecular flexibility index (Phi) is 13.3. The number of aliphatic imine (C=N–C) groups is 1. The van der Waals surface area contributed by atoms with Crippen LogP contribution in [0.3, 0.4) is 0 Å². The Balaban J connectivity index is 0.00000450. The third-order valence-electron chi connectivity index (χ3n) is 5.56. The van der Waals surface area contributed by atoms with Gasteiger partial charge in [0, 0.05) is 38.6 Å². The number of nitrogens with zero attached hydrogens (tertiary/aromatic N) is 5. The molecule has 30 heavy (non-hydrogen) atoms. The number of fused-ring (bicyclic) bond motifs is 1. The fourth-order valence-electron chi connectivity index (χ4n) is 3.79. The highest BCUT2D eigenvalue weighted by Gasteiger charge is 2.16. The van der Waals surface area contributed by atoms with Crippen LogP contribution >= 0.6 is 24.0 Å². The van der Waals surface area contributed by atoms with Crippen molar-refractivity contribution in [1.82, 2.24) is 29.9 Å². The highest BCUT2D eigenvalue weighted by Crippen LogP contribution is 2.09. The molecular formula is C21H42IN7O. The van der Waals surface area contributed by atoms with Gasteiger partial charge in [-0.2, -0.15) is 5.10 Å². The summed E-state index contributed by atoms with van der Waals surface area (Å²) in [5, 5.41) is 11.3. The maximum atomic E-state index is 12.4. The molecule has 1 aliphatic rings. The van der Waals surface area contributed by atoms with Crippen molar-refractivity contribution in [3.05, 3.63) is 16.3 Å². The van der Waals surface area contributed by atoms with E-state index in [9.17, 15) is 4.79 Å². The van der Waals surface area contributed by atoms with Crippen molar-refractivity contribution in [2.24, 2.45) is 4.99 Å². The minimum Gasteiger partial charge on any atom is -0.357 e. The molecule has 0 saturated heterocycles. The average Bonchev–Trinajstić information content (AvgIpc) is 3.04. The number of nitrogens with one attached hydrogen (secondary N) is 2. The lowest BCUT2D eigenvalue weighted by Gasteiger charge is -2.21. The van der Waals surface area contributed by atoms with Crippen LogP contribution in [0.2, 0.25) is 0 Å². The van der Waals surface area contributed by atoms with E-state index in [0.717, 1.165) is 76.6 Å². The molecule has 0 radical (unpaired) electrons. The van der Waals surface area contributed by atoms with Gasteiger partial charge in [0.15, 0.2) is 5.96 Å². The quantitative estimate of drug-likeness (QED) is 0.186. The molecule has 9 heteroatoms. The zero-order chi connectivity index (χ0) is 21.1. The highest BCUT2D eigenvalue weighted by molar-refractivity contribution is 14.0. The second-order valence-corrected chi connectivity index (χ2v) is 7.86. The normalized spacial score (nSPS) is 14.9. The van der Waals surface area contributed by atoms with Crippen LogP contribution in [0.15, 0.2) is 9.79 Å². The van der Waals surface area contributed by atoms with Gasteiger partial charge in [0.25, 0.3) is 0 Å². The molecule has 8 nitrogen and oxygen atoms in total. The predicted octanol–water partition coefficient (Wildman–Crippen LogP) is 2.45. The standard InChI is InChI=1S/C21H41N7O.HI/c1-5-22-20(24-18(4)12-10-15-26(6-2)7-3)23-14-11-17-28-21(29)27-16-9-8-13-19(27)25-28;/h18H,5-17H2,1-4H3,(H2,22,23,24);1H. The fraction of sp³-hybridized carbons (Fsp3) is 0.857. The van der Waals surface area contributed by atoms with Crippen molar-refractivity contribution >= 4 is 29.9 Å². The van der Waals surface area contributed by atoms with E-state index in [4.69, 9.17) is 0 Å². The van der Waals surface area contributed by atoms with E-state index >= 15 is 0 Å². The molecule has 0 aromatic carbocycles. The molecule has 0 saturated carbocycles. The first-order valence-corrected chi connectivity index (χ1v) is 11.5. The third-order valence-corrected chi connectivity index (χ3v) is 5.56. The number of guanidine groups is 1. The van der Waals surface area contributed by atoms with Crippen LogP contribution in [-0.2, 0) is 19.5 Å². The number of hydrogen-bond donors (Lipinski definition) is 2. The first-order valence-electron chi connectivity index (χ1n) is 11.5. The van der Waals surface area contributed by atoms with Crippen molar-refractivity contribution < 1.29 is 0 Å². The fourth-order valence-corrected chi connectivity index (χ4v) is 3.79. The lowest BCUT2D eigenvalue weighted by atomic mass is 10.2. The number of rotatable bonds is 12. The van der Waals surface area contributed by atoms with Crippen LogP contribution in [0, 0.1) is 0 Å². The summed E-state index contributed by atoms with van der Waals surface area (Å²) in [7, 11) is 0. The minimum atomic E-state index is 0. The summed E-state index contributed by atoms with van der Waals surface area (Å²) in [5.74, 6) is 1.80. The second-order valence-electron chi connectivity index (χ2n) is 7.86. The number of aryl methyl sites for hydroxylation is 2. The van der Waals surface area contributed by atoms with E-state index in [1.165, 1.54) is 6.42 Å². The molecule has 0 aliphatic carbocycles. The van der Waals surface area contributed by atoms with Crippen molar-refractivity contribution in [2.45, 2.75) is 85.4 Å². The lowest BCUT2D eigenvalue weighted by molar-refractivity contribution is 0.292. The second kappa shape index (κ2) is 14.8. The summed E-state index contributed by atoms with van der Waals surface area (Å²) in [5.41, 5.74) is 0.0375. The van der Waals surface area contributed by atoms with Gasteiger partial charge in [-0.3, -0.25) is 9.56 Å². The van der Waals surface area contributed by atoms with Gasteiger partial charge in [-0.25, -0.2) is 9.48 Å². The lowest BCUT2D eigenvalue weighted by Crippen LogP contribution is -2.42. The first-order chi connectivity index (χ1) is 14.1. The Hall–Kier alpha value is -1.10. The van der Waals surface area contributed by atoms with Crippen LogP contribution in [0.4, 0.5) is 0 Å². The molecule has 174 valence electrons.